The summed E-state index contributed by atoms with van der Waals surface area (Å²) in [6.45, 7) is 1.35. The molecule has 0 spiro atoms. The number of aromatic nitrogens is 3. The Labute approximate surface area is 68.4 Å². The van der Waals surface area contributed by atoms with Gasteiger partial charge in [-0.1, -0.05) is 0 Å². The van der Waals surface area contributed by atoms with Crippen LogP contribution in [0.1, 0.15) is 6.92 Å². The Morgan fingerprint density at radius 2 is 2.67 bits per heavy atom. The van der Waals surface area contributed by atoms with E-state index >= 15 is 0 Å². The van der Waals surface area contributed by atoms with Crippen LogP contribution in [-0.4, -0.2) is 20.7 Å². The molecule has 0 aromatic carbocycles. The molecule has 0 atom stereocenters. The molecule has 1 rings (SSSR count). The van der Waals surface area contributed by atoms with Crippen LogP contribution in [0.25, 0.3) is 0 Å². The zero-order chi connectivity index (χ0) is 8.97. The summed E-state index contributed by atoms with van der Waals surface area (Å²) in [4.78, 5) is 14.0. The molecule has 0 amide bonds. The molecule has 0 aliphatic heterocycles. The maximum absolute atomic E-state index is 10.4. The third-order valence-electron chi connectivity index (χ3n) is 0.983. The highest BCUT2D eigenvalue weighted by Crippen LogP contribution is 1.98. The lowest BCUT2D eigenvalue weighted by atomic mass is 10.7. The molecule has 0 N–H and O–H groups in total. The van der Waals surface area contributed by atoms with Crippen LogP contribution in [0.2, 0.25) is 0 Å². The number of nitriles is 1. The van der Waals surface area contributed by atoms with Gasteiger partial charge in [0.2, 0.25) is 0 Å². The standard InChI is InChI=1S/C6H6N4O2/c1-5(11)12-6-8-4-10(9-6)3-2-7/h4H,3H2,1H3. The van der Waals surface area contributed by atoms with Crippen molar-refractivity contribution in [2.45, 2.75) is 13.5 Å². The van der Waals surface area contributed by atoms with E-state index in [1.54, 1.807) is 0 Å². The van der Waals surface area contributed by atoms with Gasteiger partial charge in [0.1, 0.15) is 12.9 Å². The van der Waals surface area contributed by atoms with Gasteiger partial charge in [-0.25, -0.2) is 4.68 Å². The van der Waals surface area contributed by atoms with E-state index in [9.17, 15) is 4.79 Å². The first kappa shape index (κ1) is 8.20. The van der Waals surface area contributed by atoms with Crippen molar-refractivity contribution in [1.29, 1.82) is 5.26 Å². The molecule has 6 heteroatoms. The quantitative estimate of drug-likeness (QED) is 0.565. The van der Waals surface area contributed by atoms with Crippen molar-refractivity contribution in [1.82, 2.24) is 14.8 Å². The molecule has 1 heterocycles. The van der Waals surface area contributed by atoms with E-state index in [0.29, 0.717) is 0 Å². The molecule has 0 radical (unpaired) electrons. The van der Waals surface area contributed by atoms with Crippen molar-refractivity contribution in [2.75, 3.05) is 0 Å². The van der Waals surface area contributed by atoms with Gasteiger partial charge in [-0.3, -0.25) is 4.79 Å². The number of ether oxygens (including phenoxy) is 1. The van der Waals surface area contributed by atoms with Crippen LogP contribution >= 0.6 is 0 Å². The molecule has 1 aromatic rings. The van der Waals surface area contributed by atoms with Gasteiger partial charge >= 0.3 is 12.0 Å². The largest absolute Gasteiger partial charge is 0.390 e. The van der Waals surface area contributed by atoms with E-state index in [4.69, 9.17) is 5.26 Å². The number of hydrogen-bond acceptors (Lipinski definition) is 5. The average Bonchev–Trinajstić information content (AvgIpc) is 2.36. The molecular formula is C6H6N4O2. The Balaban J connectivity index is 2.65. The number of rotatable bonds is 2. The van der Waals surface area contributed by atoms with Crippen LogP contribution in [0.4, 0.5) is 0 Å². The fraction of sp³-hybridized carbons (Fsp3) is 0.333. The van der Waals surface area contributed by atoms with Crippen LogP contribution < -0.4 is 4.74 Å². The first-order valence-electron chi connectivity index (χ1n) is 3.17. The van der Waals surface area contributed by atoms with E-state index in [1.165, 1.54) is 17.9 Å². The molecule has 0 unspecified atom stereocenters. The highest BCUT2D eigenvalue weighted by Gasteiger charge is 2.03. The summed E-state index contributed by atoms with van der Waals surface area (Å²) in [5, 5.41) is 11.9. The van der Waals surface area contributed by atoms with Gasteiger partial charge in [-0.2, -0.15) is 10.2 Å². The molecule has 0 bridgehead atoms. The van der Waals surface area contributed by atoms with Crippen LogP contribution in [0.5, 0.6) is 6.01 Å². The van der Waals surface area contributed by atoms with Crippen molar-refractivity contribution < 1.29 is 9.53 Å². The summed E-state index contributed by atoms with van der Waals surface area (Å²) < 4.78 is 5.83. The second-order valence-electron chi connectivity index (χ2n) is 1.98. The Morgan fingerprint density at radius 3 is 3.25 bits per heavy atom. The second kappa shape index (κ2) is 3.48. The molecule has 12 heavy (non-hydrogen) atoms. The minimum atomic E-state index is -0.482. The molecule has 62 valence electrons. The Morgan fingerprint density at radius 1 is 1.92 bits per heavy atom. The summed E-state index contributed by atoms with van der Waals surface area (Å²) in [5.74, 6) is -0.482. The average molecular weight is 166 g/mol. The summed E-state index contributed by atoms with van der Waals surface area (Å²) in [5.41, 5.74) is 0. The van der Waals surface area contributed by atoms with Crippen LogP contribution in [0.3, 0.4) is 0 Å². The van der Waals surface area contributed by atoms with Crippen molar-refractivity contribution in [3.63, 3.8) is 0 Å². The molecular weight excluding hydrogens is 160 g/mol. The highest BCUT2D eigenvalue weighted by atomic mass is 16.5. The number of hydrogen-bond donors (Lipinski definition) is 0. The van der Waals surface area contributed by atoms with Crippen molar-refractivity contribution in [3.8, 4) is 12.1 Å². The molecule has 0 aliphatic carbocycles. The summed E-state index contributed by atoms with van der Waals surface area (Å²) in [7, 11) is 0. The predicted octanol–water partition coefficient (Wildman–Crippen LogP) is -0.273. The van der Waals surface area contributed by atoms with Gasteiger partial charge < -0.3 is 4.74 Å². The van der Waals surface area contributed by atoms with E-state index < -0.39 is 5.97 Å². The van der Waals surface area contributed by atoms with Crippen LogP contribution in [0, 0.1) is 11.3 Å². The monoisotopic (exact) mass is 166 g/mol. The van der Waals surface area contributed by atoms with Crippen molar-refractivity contribution in [3.05, 3.63) is 6.33 Å². The number of nitrogens with zero attached hydrogens (tertiary/aromatic N) is 4. The summed E-state index contributed by atoms with van der Waals surface area (Å²) in [6, 6.07) is 1.84. The zero-order valence-corrected chi connectivity index (χ0v) is 6.39. The highest BCUT2D eigenvalue weighted by molar-refractivity contribution is 5.68. The second-order valence-corrected chi connectivity index (χ2v) is 1.98. The van der Waals surface area contributed by atoms with Crippen molar-refractivity contribution >= 4 is 5.97 Å². The number of carbonyl (C=O) groups is 1. The van der Waals surface area contributed by atoms with Gasteiger partial charge in [-0.15, -0.1) is 5.10 Å². The minimum Gasteiger partial charge on any atom is -0.390 e. The van der Waals surface area contributed by atoms with Gasteiger partial charge in [0, 0.05) is 6.92 Å². The fourth-order valence-electron chi connectivity index (χ4n) is 0.602. The van der Waals surface area contributed by atoms with Gasteiger partial charge in [0.25, 0.3) is 0 Å². The predicted molar refractivity (Wildman–Crippen MR) is 36.9 cm³/mol. The fourth-order valence-corrected chi connectivity index (χ4v) is 0.602. The lowest BCUT2D eigenvalue weighted by Crippen LogP contribution is -2.03. The number of carbonyl (C=O) groups excluding carboxylic acids is 1. The SMILES string of the molecule is CC(=O)Oc1ncn(CC#N)n1. The smallest absolute Gasteiger partial charge is 0.343 e. The van der Waals surface area contributed by atoms with E-state index in [2.05, 4.69) is 14.8 Å². The van der Waals surface area contributed by atoms with Crippen molar-refractivity contribution in [2.24, 2.45) is 0 Å². The molecule has 6 nitrogen and oxygen atoms in total. The molecule has 0 saturated carbocycles. The molecule has 0 saturated heterocycles. The maximum atomic E-state index is 10.4. The van der Waals surface area contributed by atoms with E-state index in [0.717, 1.165) is 0 Å². The minimum absolute atomic E-state index is 0.0299. The first-order valence-corrected chi connectivity index (χ1v) is 3.17. The third kappa shape index (κ3) is 2.05. The van der Waals surface area contributed by atoms with Gasteiger partial charge in [0.05, 0.1) is 6.07 Å². The summed E-state index contributed by atoms with van der Waals surface area (Å²) >= 11 is 0. The maximum Gasteiger partial charge on any atom is 0.343 e. The van der Waals surface area contributed by atoms with E-state index in [-0.39, 0.29) is 12.6 Å². The molecule has 1 aromatic heterocycles. The third-order valence-corrected chi connectivity index (χ3v) is 0.983. The van der Waals surface area contributed by atoms with E-state index in [1.807, 2.05) is 6.07 Å². The number of esters is 1. The van der Waals surface area contributed by atoms with Gasteiger partial charge in [0.15, 0.2) is 0 Å². The normalized spacial score (nSPS) is 9.00. The van der Waals surface area contributed by atoms with Crippen LogP contribution in [-0.2, 0) is 11.3 Å². The Kier molecular flexibility index (Phi) is 2.38. The lowest BCUT2D eigenvalue weighted by molar-refractivity contribution is -0.132. The van der Waals surface area contributed by atoms with Crippen LogP contribution in [0.15, 0.2) is 6.33 Å². The first-order chi connectivity index (χ1) is 5.72. The topological polar surface area (TPSA) is 80.8 Å². The Hall–Kier alpha value is -1.90. The van der Waals surface area contributed by atoms with Gasteiger partial charge in [-0.05, 0) is 0 Å². The summed E-state index contributed by atoms with van der Waals surface area (Å²) in [6.07, 6.45) is 1.32. The zero-order valence-electron chi connectivity index (χ0n) is 6.39. The molecule has 0 aliphatic rings. The molecule has 0 fully saturated rings. The Bertz CT molecular complexity index is 325. The lowest BCUT2D eigenvalue weighted by Gasteiger charge is -1.90.